The molecule has 1 unspecified atom stereocenters. The van der Waals surface area contributed by atoms with Gasteiger partial charge in [0.25, 0.3) is 0 Å². The van der Waals surface area contributed by atoms with Crippen molar-refractivity contribution < 1.29 is 13.2 Å². The number of hydrogen-bond donors (Lipinski definition) is 1. The predicted molar refractivity (Wildman–Crippen MR) is 116 cm³/mol. The Morgan fingerprint density at radius 1 is 1.10 bits per heavy atom. The number of nitrogens with one attached hydrogen (secondary N) is 1. The third-order valence-corrected chi connectivity index (χ3v) is 7.62. The van der Waals surface area contributed by atoms with Crippen molar-refractivity contribution in [3.8, 4) is 0 Å². The number of piperidine rings is 1. The van der Waals surface area contributed by atoms with Gasteiger partial charge in [-0.3, -0.25) is 4.79 Å². The van der Waals surface area contributed by atoms with Crippen molar-refractivity contribution in [2.45, 2.75) is 39.7 Å². The van der Waals surface area contributed by atoms with Gasteiger partial charge in [-0.25, -0.2) is 12.7 Å². The molecule has 1 aliphatic rings. The Morgan fingerprint density at radius 3 is 2.34 bits per heavy atom. The first kappa shape index (κ1) is 21.5. The van der Waals surface area contributed by atoms with Crippen molar-refractivity contribution in [3.63, 3.8) is 0 Å². The molecule has 0 saturated carbocycles. The molecule has 1 heterocycles. The van der Waals surface area contributed by atoms with Gasteiger partial charge in [0.1, 0.15) is 0 Å². The summed E-state index contributed by atoms with van der Waals surface area (Å²) >= 11 is 0. The van der Waals surface area contributed by atoms with Gasteiger partial charge in [-0.2, -0.15) is 0 Å². The SMILES string of the molecule is CCS(=O)(=O)N1CCC(C(=O)NC(c2ccccc2)c2ccc(C)cc2C)CC1. The van der Waals surface area contributed by atoms with Crippen LogP contribution in [0.1, 0.15) is 48.1 Å². The summed E-state index contributed by atoms with van der Waals surface area (Å²) in [5.74, 6) is -0.0743. The second kappa shape index (κ2) is 9.09. The zero-order chi connectivity index (χ0) is 21.0. The zero-order valence-electron chi connectivity index (χ0n) is 17.4. The van der Waals surface area contributed by atoms with E-state index in [1.54, 1.807) is 6.92 Å². The number of nitrogens with zero attached hydrogens (tertiary/aromatic N) is 1. The van der Waals surface area contributed by atoms with Gasteiger partial charge in [-0.05, 0) is 50.3 Å². The van der Waals surface area contributed by atoms with Crippen LogP contribution < -0.4 is 5.32 Å². The Morgan fingerprint density at radius 2 is 1.76 bits per heavy atom. The van der Waals surface area contributed by atoms with Gasteiger partial charge in [0.2, 0.25) is 15.9 Å². The van der Waals surface area contributed by atoms with Crippen LogP contribution >= 0.6 is 0 Å². The van der Waals surface area contributed by atoms with Crippen molar-refractivity contribution >= 4 is 15.9 Å². The summed E-state index contributed by atoms with van der Waals surface area (Å²) in [5.41, 5.74) is 4.46. The molecule has 1 atom stereocenters. The molecule has 6 heteroatoms. The van der Waals surface area contributed by atoms with E-state index < -0.39 is 10.0 Å². The molecule has 156 valence electrons. The number of carbonyl (C=O) groups excluding carboxylic acids is 1. The first-order valence-corrected chi connectivity index (χ1v) is 11.8. The van der Waals surface area contributed by atoms with E-state index in [-0.39, 0.29) is 23.6 Å². The second-order valence-corrected chi connectivity index (χ2v) is 10.0. The van der Waals surface area contributed by atoms with Crippen LogP contribution in [-0.4, -0.2) is 37.5 Å². The molecule has 2 aromatic rings. The molecule has 0 spiro atoms. The van der Waals surface area contributed by atoms with Crippen LogP contribution in [0.4, 0.5) is 0 Å². The van der Waals surface area contributed by atoms with Crippen LogP contribution in [0.15, 0.2) is 48.5 Å². The first-order valence-electron chi connectivity index (χ1n) is 10.2. The fraction of sp³-hybridized carbons (Fsp3) is 0.435. The van der Waals surface area contributed by atoms with Crippen LogP contribution in [0.5, 0.6) is 0 Å². The lowest BCUT2D eigenvalue weighted by Gasteiger charge is -2.31. The lowest BCUT2D eigenvalue weighted by atomic mass is 9.91. The van der Waals surface area contributed by atoms with E-state index in [0.717, 1.165) is 16.7 Å². The zero-order valence-corrected chi connectivity index (χ0v) is 18.2. The van der Waals surface area contributed by atoms with Crippen molar-refractivity contribution in [3.05, 3.63) is 70.8 Å². The van der Waals surface area contributed by atoms with Gasteiger partial charge in [0.15, 0.2) is 0 Å². The van der Waals surface area contributed by atoms with E-state index in [4.69, 9.17) is 0 Å². The number of hydrogen-bond acceptors (Lipinski definition) is 3. The molecule has 1 N–H and O–H groups in total. The highest BCUT2D eigenvalue weighted by molar-refractivity contribution is 7.89. The maximum absolute atomic E-state index is 13.1. The first-order chi connectivity index (χ1) is 13.8. The molecule has 1 fully saturated rings. The van der Waals surface area contributed by atoms with Crippen molar-refractivity contribution in [1.82, 2.24) is 9.62 Å². The number of benzene rings is 2. The van der Waals surface area contributed by atoms with E-state index >= 15 is 0 Å². The number of amides is 1. The van der Waals surface area contributed by atoms with Gasteiger partial charge in [-0.1, -0.05) is 54.1 Å². The standard InChI is InChI=1S/C23H30N2O3S/c1-4-29(27,28)25-14-12-20(13-15-25)23(26)24-22(19-8-6-5-7-9-19)21-11-10-17(2)16-18(21)3/h5-11,16,20,22H,4,12-15H2,1-3H3,(H,24,26). The highest BCUT2D eigenvalue weighted by atomic mass is 32.2. The Hall–Kier alpha value is -2.18. The van der Waals surface area contributed by atoms with Gasteiger partial charge < -0.3 is 5.32 Å². The lowest BCUT2D eigenvalue weighted by molar-refractivity contribution is -0.126. The van der Waals surface area contributed by atoms with Gasteiger partial charge in [0.05, 0.1) is 11.8 Å². The maximum Gasteiger partial charge on any atom is 0.223 e. The fourth-order valence-corrected chi connectivity index (χ4v) is 5.11. The molecule has 0 aromatic heterocycles. The largest absolute Gasteiger partial charge is 0.345 e. The maximum atomic E-state index is 13.1. The van der Waals surface area contributed by atoms with E-state index in [0.29, 0.717) is 25.9 Å². The molecule has 5 nitrogen and oxygen atoms in total. The van der Waals surface area contributed by atoms with Crippen molar-refractivity contribution in [2.75, 3.05) is 18.8 Å². The normalized spacial score (nSPS) is 17.1. The summed E-state index contributed by atoms with van der Waals surface area (Å²) in [4.78, 5) is 13.1. The molecule has 1 saturated heterocycles. The lowest BCUT2D eigenvalue weighted by Crippen LogP contribution is -2.44. The van der Waals surface area contributed by atoms with Crippen molar-refractivity contribution in [1.29, 1.82) is 0 Å². The second-order valence-electron chi connectivity index (χ2n) is 7.79. The van der Waals surface area contributed by atoms with E-state index in [9.17, 15) is 13.2 Å². The molecule has 1 amide bonds. The number of aryl methyl sites for hydroxylation is 2. The molecule has 2 aromatic carbocycles. The average Bonchev–Trinajstić information content (AvgIpc) is 2.73. The van der Waals surface area contributed by atoms with Gasteiger partial charge in [0, 0.05) is 19.0 Å². The van der Waals surface area contributed by atoms with Crippen LogP contribution in [0.25, 0.3) is 0 Å². The van der Waals surface area contributed by atoms with Crippen LogP contribution in [0, 0.1) is 19.8 Å². The quantitative estimate of drug-likeness (QED) is 0.786. The van der Waals surface area contributed by atoms with Gasteiger partial charge in [-0.15, -0.1) is 0 Å². The van der Waals surface area contributed by atoms with E-state index in [2.05, 4.69) is 37.4 Å². The number of carbonyl (C=O) groups is 1. The van der Waals surface area contributed by atoms with Crippen LogP contribution in [0.3, 0.4) is 0 Å². The molecule has 1 aliphatic heterocycles. The monoisotopic (exact) mass is 414 g/mol. The average molecular weight is 415 g/mol. The minimum Gasteiger partial charge on any atom is -0.345 e. The Balaban J connectivity index is 1.78. The smallest absolute Gasteiger partial charge is 0.223 e. The molecule has 0 bridgehead atoms. The van der Waals surface area contributed by atoms with Crippen LogP contribution in [0.2, 0.25) is 0 Å². The summed E-state index contributed by atoms with van der Waals surface area (Å²) in [5, 5.41) is 3.24. The minimum atomic E-state index is -3.19. The Labute approximate surface area is 174 Å². The predicted octanol–water partition coefficient (Wildman–Crippen LogP) is 3.57. The highest BCUT2D eigenvalue weighted by Gasteiger charge is 2.31. The van der Waals surface area contributed by atoms with Crippen molar-refractivity contribution in [2.24, 2.45) is 5.92 Å². The van der Waals surface area contributed by atoms with E-state index in [1.165, 1.54) is 9.87 Å². The summed E-state index contributed by atoms with van der Waals surface area (Å²) < 4.78 is 25.6. The highest BCUT2D eigenvalue weighted by Crippen LogP contribution is 2.28. The van der Waals surface area contributed by atoms with Gasteiger partial charge >= 0.3 is 0 Å². The van der Waals surface area contributed by atoms with E-state index in [1.807, 2.05) is 30.3 Å². The fourth-order valence-electron chi connectivity index (χ4n) is 3.97. The minimum absolute atomic E-state index is 0.00706. The third kappa shape index (κ3) is 5.06. The number of rotatable bonds is 6. The summed E-state index contributed by atoms with van der Waals surface area (Å²) in [6, 6.07) is 16.0. The third-order valence-electron chi connectivity index (χ3n) is 5.74. The number of sulfonamides is 1. The topological polar surface area (TPSA) is 66.5 Å². The summed E-state index contributed by atoms with van der Waals surface area (Å²) in [7, 11) is -3.19. The Kier molecular flexibility index (Phi) is 6.75. The van der Waals surface area contributed by atoms with Crippen LogP contribution in [-0.2, 0) is 14.8 Å². The Bertz CT molecular complexity index is 949. The molecular weight excluding hydrogens is 384 g/mol. The molecule has 29 heavy (non-hydrogen) atoms. The molecule has 3 rings (SSSR count). The molecule has 0 aliphatic carbocycles. The molecular formula is C23H30N2O3S. The molecule has 0 radical (unpaired) electrons. The summed E-state index contributed by atoms with van der Waals surface area (Å²) in [6.45, 7) is 6.60. The summed E-state index contributed by atoms with van der Waals surface area (Å²) in [6.07, 6.45) is 1.11.